The van der Waals surface area contributed by atoms with Crippen LogP contribution >= 0.6 is 0 Å². The number of benzene rings is 2. The van der Waals surface area contributed by atoms with Crippen LogP contribution in [0.1, 0.15) is 17.5 Å². The van der Waals surface area contributed by atoms with Crippen LogP contribution in [-0.4, -0.2) is 19.3 Å². The molecule has 3 heteroatoms. The van der Waals surface area contributed by atoms with Crippen LogP contribution in [0.25, 0.3) is 0 Å². The zero-order chi connectivity index (χ0) is 15.3. The second-order valence-corrected chi connectivity index (χ2v) is 4.81. The Kier molecular flexibility index (Phi) is 4.66. The van der Waals surface area contributed by atoms with Gasteiger partial charge in [-0.1, -0.05) is 30.3 Å². The van der Waals surface area contributed by atoms with Gasteiger partial charge in [0.2, 0.25) is 0 Å². The van der Waals surface area contributed by atoms with Crippen LogP contribution < -0.4 is 9.47 Å². The Bertz CT molecular complexity index is 537. The maximum atomic E-state index is 11.1. The minimum Gasteiger partial charge on any atom is -0.497 e. The molecule has 0 atom stereocenters. The SMILES string of the molecule is C=CCC(O)(c1ccc(OC)cc1)c1ccc(OC)cc1. The number of methoxy groups -OCH3 is 2. The van der Waals surface area contributed by atoms with Crippen molar-refractivity contribution < 1.29 is 14.6 Å². The standard InChI is InChI=1S/C18H20O3/c1-4-13-18(19,14-5-9-16(20-2)10-6-14)15-7-11-17(21-3)12-8-15/h4-12,19H,1,13H2,2-3H3. The van der Waals surface area contributed by atoms with E-state index in [0.717, 1.165) is 22.6 Å². The van der Waals surface area contributed by atoms with Gasteiger partial charge in [0.05, 0.1) is 14.2 Å². The third-order valence-electron chi connectivity index (χ3n) is 3.57. The number of hydrogen-bond acceptors (Lipinski definition) is 3. The lowest BCUT2D eigenvalue weighted by atomic mass is 9.83. The molecule has 0 aromatic heterocycles. The Hall–Kier alpha value is -2.26. The summed E-state index contributed by atoms with van der Waals surface area (Å²) in [6.07, 6.45) is 2.14. The lowest BCUT2D eigenvalue weighted by Crippen LogP contribution is -2.26. The minimum absolute atomic E-state index is 0.422. The van der Waals surface area contributed by atoms with Crippen molar-refractivity contribution in [3.8, 4) is 11.5 Å². The molecule has 110 valence electrons. The Morgan fingerprint density at radius 1 is 0.905 bits per heavy atom. The molecule has 3 nitrogen and oxygen atoms in total. The molecular formula is C18H20O3. The first kappa shape index (κ1) is 15.1. The quantitative estimate of drug-likeness (QED) is 0.825. The third kappa shape index (κ3) is 3.09. The fourth-order valence-corrected chi connectivity index (χ4v) is 2.34. The fraction of sp³-hybridized carbons (Fsp3) is 0.222. The fourth-order valence-electron chi connectivity index (χ4n) is 2.34. The van der Waals surface area contributed by atoms with E-state index in [1.165, 1.54) is 0 Å². The minimum atomic E-state index is -1.11. The normalized spacial score (nSPS) is 11.0. The molecule has 0 spiro atoms. The van der Waals surface area contributed by atoms with Gasteiger partial charge >= 0.3 is 0 Å². The molecule has 0 aliphatic carbocycles. The van der Waals surface area contributed by atoms with E-state index in [1.807, 2.05) is 48.5 Å². The summed E-state index contributed by atoms with van der Waals surface area (Å²) in [5.74, 6) is 1.52. The lowest BCUT2D eigenvalue weighted by Gasteiger charge is -2.28. The van der Waals surface area contributed by atoms with E-state index in [-0.39, 0.29) is 0 Å². The zero-order valence-corrected chi connectivity index (χ0v) is 12.4. The predicted molar refractivity (Wildman–Crippen MR) is 83.8 cm³/mol. The Balaban J connectivity index is 2.44. The van der Waals surface area contributed by atoms with Crippen LogP contribution in [0.3, 0.4) is 0 Å². The summed E-state index contributed by atoms with van der Waals surface area (Å²) < 4.78 is 10.3. The van der Waals surface area contributed by atoms with Gasteiger partial charge in [-0.15, -0.1) is 6.58 Å². The van der Waals surface area contributed by atoms with Crippen LogP contribution in [0.2, 0.25) is 0 Å². The summed E-state index contributed by atoms with van der Waals surface area (Å²) in [6.45, 7) is 3.75. The van der Waals surface area contributed by atoms with E-state index in [9.17, 15) is 5.11 Å². The second kappa shape index (κ2) is 6.46. The summed E-state index contributed by atoms with van der Waals surface area (Å²) in [4.78, 5) is 0. The highest BCUT2D eigenvalue weighted by molar-refractivity contribution is 5.41. The van der Waals surface area contributed by atoms with Crippen molar-refractivity contribution in [2.45, 2.75) is 12.0 Å². The molecule has 1 N–H and O–H groups in total. The molecule has 0 amide bonds. The summed E-state index contributed by atoms with van der Waals surface area (Å²) in [6, 6.07) is 14.8. The molecule has 0 unspecified atom stereocenters. The molecule has 0 bridgehead atoms. The Morgan fingerprint density at radius 3 is 1.57 bits per heavy atom. The number of hydrogen-bond donors (Lipinski definition) is 1. The molecule has 2 aromatic rings. The summed E-state index contributed by atoms with van der Waals surface area (Å²) in [5, 5.41) is 11.1. The van der Waals surface area contributed by atoms with Crippen molar-refractivity contribution in [1.29, 1.82) is 0 Å². The van der Waals surface area contributed by atoms with E-state index in [2.05, 4.69) is 6.58 Å². The molecule has 0 heterocycles. The maximum Gasteiger partial charge on any atom is 0.118 e. The largest absolute Gasteiger partial charge is 0.497 e. The topological polar surface area (TPSA) is 38.7 Å². The van der Waals surface area contributed by atoms with Gasteiger partial charge in [-0.05, 0) is 35.4 Å². The third-order valence-corrected chi connectivity index (χ3v) is 3.57. The van der Waals surface area contributed by atoms with E-state index < -0.39 is 5.60 Å². The van der Waals surface area contributed by atoms with Gasteiger partial charge in [0.25, 0.3) is 0 Å². The van der Waals surface area contributed by atoms with Gasteiger partial charge in [0.15, 0.2) is 0 Å². The number of rotatable bonds is 6. The highest BCUT2D eigenvalue weighted by Crippen LogP contribution is 2.35. The summed E-state index contributed by atoms with van der Waals surface area (Å²) in [5.41, 5.74) is 0.488. The first-order valence-corrected chi connectivity index (χ1v) is 6.76. The molecule has 0 saturated heterocycles. The number of ether oxygens (including phenoxy) is 2. The summed E-state index contributed by atoms with van der Waals surface area (Å²) in [7, 11) is 3.24. The van der Waals surface area contributed by atoms with E-state index in [0.29, 0.717) is 6.42 Å². The molecule has 2 aromatic carbocycles. The van der Waals surface area contributed by atoms with Crippen molar-refractivity contribution >= 4 is 0 Å². The van der Waals surface area contributed by atoms with Gasteiger partial charge < -0.3 is 14.6 Å². The molecule has 0 aliphatic rings. The summed E-state index contributed by atoms with van der Waals surface area (Å²) >= 11 is 0. The van der Waals surface area contributed by atoms with Gasteiger partial charge in [-0.2, -0.15) is 0 Å². The van der Waals surface area contributed by atoms with Gasteiger partial charge in [0.1, 0.15) is 17.1 Å². The molecule has 0 fully saturated rings. The highest BCUT2D eigenvalue weighted by atomic mass is 16.5. The van der Waals surface area contributed by atoms with Crippen LogP contribution in [0.5, 0.6) is 11.5 Å². The van der Waals surface area contributed by atoms with Crippen molar-refractivity contribution in [3.05, 3.63) is 72.3 Å². The van der Waals surface area contributed by atoms with Gasteiger partial charge in [-0.25, -0.2) is 0 Å². The molecule has 21 heavy (non-hydrogen) atoms. The average Bonchev–Trinajstić information content (AvgIpc) is 2.55. The van der Waals surface area contributed by atoms with E-state index in [1.54, 1.807) is 20.3 Å². The predicted octanol–water partition coefficient (Wildman–Crippen LogP) is 3.52. The van der Waals surface area contributed by atoms with Gasteiger partial charge in [0, 0.05) is 6.42 Å². The second-order valence-electron chi connectivity index (χ2n) is 4.81. The van der Waals surface area contributed by atoms with Gasteiger partial charge in [-0.3, -0.25) is 0 Å². The van der Waals surface area contributed by atoms with E-state index in [4.69, 9.17) is 9.47 Å². The highest BCUT2D eigenvalue weighted by Gasteiger charge is 2.30. The molecule has 0 radical (unpaired) electrons. The molecule has 0 saturated carbocycles. The molecule has 0 aliphatic heterocycles. The van der Waals surface area contributed by atoms with E-state index >= 15 is 0 Å². The zero-order valence-electron chi connectivity index (χ0n) is 12.4. The Labute approximate surface area is 125 Å². The van der Waals surface area contributed by atoms with Crippen molar-refractivity contribution in [2.24, 2.45) is 0 Å². The molecular weight excluding hydrogens is 264 g/mol. The lowest BCUT2D eigenvalue weighted by molar-refractivity contribution is 0.0841. The maximum absolute atomic E-state index is 11.1. The van der Waals surface area contributed by atoms with Crippen LogP contribution in [-0.2, 0) is 5.60 Å². The van der Waals surface area contributed by atoms with Crippen molar-refractivity contribution in [3.63, 3.8) is 0 Å². The molecule has 2 rings (SSSR count). The van der Waals surface area contributed by atoms with Crippen molar-refractivity contribution in [2.75, 3.05) is 14.2 Å². The first-order chi connectivity index (χ1) is 10.1. The number of aliphatic hydroxyl groups is 1. The van der Waals surface area contributed by atoms with Crippen molar-refractivity contribution in [1.82, 2.24) is 0 Å². The smallest absolute Gasteiger partial charge is 0.118 e. The van der Waals surface area contributed by atoms with Crippen LogP contribution in [0.4, 0.5) is 0 Å². The monoisotopic (exact) mass is 284 g/mol. The average molecular weight is 284 g/mol. The van der Waals surface area contributed by atoms with Crippen LogP contribution in [0.15, 0.2) is 61.2 Å². The first-order valence-electron chi connectivity index (χ1n) is 6.76. The van der Waals surface area contributed by atoms with Crippen LogP contribution in [0, 0.1) is 0 Å². The Morgan fingerprint density at radius 2 is 1.29 bits per heavy atom.